The van der Waals surface area contributed by atoms with Gasteiger partial charge in [0.05, 0.1) is 12.9 Å². The van der Waals surface area contributed by atoms with Crippen LogP contribution in [0.15, 0.2) is 12.5 Å². The highest BCUT2D eigenvalue weighted by Gasteiger charge is 1.83. The van der Waals surface area contributed by atoms with Gasteiger partial charge in [-0.15, -0.1) is 0 Å². The maximum Gasteiger partial charge on any atom is 0.108 e. The van der Waals surface area contributed by atoms with Gasteiger partial charge >= 0.3 is 0 Å². The molecule has 0 bridgehead atoms. The highest BCUT2D eigenvalue weighted by Crippen LogP contribution is 1.81. The van der Waals surface area contributed by atoms with Crippen LogP contribution in [0.4, 0.5) is 0 Å². The van der Waals surface area contributed by atoms with Crippen LogP contribution in [0.1, 0.15) is 0 Å². The molecule has 43 valence electrons. The molecule has 0 aliphatic rings. The summed E-state index contributed by atoms with van der Waals surface area (Å²) >= 11 is 0. The normalized spacial score (nSPS) is 9.62. The summed E-state index contributed by atoms with van der Waals surface area (Å²) in [5.41, 5.74) is 0. The molecule has 0 aliphatic carbocycles. The Morgan fingerprint density at radius 3 is 3.12 bits per heavy atom. The first kappa shape index (κ1) is 5.31. The minimum absolute atomic E-state index is 0.157. The zero-order valence-corrected chi connectivity index (χ0v) is 4.41. The fourth-order valence-electron chi connectivity index (χ4n) is 0.486. The van der Waals surface area contributed by atoms with Gasteiger partial charge in [0.25, 0.3) is 0 Å². The summed E-state index contributed by atoms with van der Waals surface area (Å²) in [6, 6.07) is 0. The Kier molecular flexibility index (Phi) is 1.64. The van der Waals surface area contributed by atoms with Crippen molar-refractivity contribution in [3.8, 4) is 0 Å². The highest BCUT2D eigenvalue weighted by molar-refractivity contribution is 4.70. The predicted molar refractivity (Wildman–Crippen MR) is 28.1 cm³/mol. The van der Waals surface area contributed by atoms with E-state index in [1.54, 1.807) is 17.1 Å². The lowest BCUT2D eigenvalue weighted by molar-refractivity contribution is 0.276. The van der Waals surface area contributed by atoms with Crippen LogP contribution in [-0.2, 0) is 6.54 Å². The standard InChI is InChI=1S/C5H7N2O/c8-4-3-7-2-1-6-5-7/h2,5,8H,3-4H2. The van der Waals surface area contributed by atoms with E-state index < -0.39 is 0 Å². The molecule has 3 nitrogen and oxygen atoms in total. The zero-order valence-electron chi connectivity index (χ0n) is 4.41. The van der Waals surface area contributed by atoms with Gasteiger partial charge < -0.3 is 9.67 Å². The van der Waals surface area contributed by atoms with Crippen molar-refractivity contribution in [2.24, 2.45) is 0 Å². The summed E-state index contributed by atoms with van der Waals surface area (Å²) < 4.78 is 1.76. The Balaban J connectivity index is 2.50. The van der Waals surface area contributed by atoms with Crippen molar-refractivity contribution in [1.29, 1.82) is 0 Å². The number of aliphatic hydroxyl groups is 1. The molecule has 1 aromatic heterocycles. The SMILES string of the molecule is OCCn1c[c]nc1. The molecular weight excluding hydrogens is 104 g/mol. The van der Waals surface area contributed by atoms with E-state index in [9.17, 15) is 0 Å². The smallest absolute Gasteiger partial charge is 0.108 e. The lowest BCUT2D eigenvalue weighted by Gasteiger charge is -1.92. The average Bonchev–Trinajstić information content (AvgIpc) is 2.19. The van der Waals surface area contributed by atoms with Gasteiger partial charge in [0.2, 0.25) is 0 Å². The fraction of sp³-hybridized carbons (Fsp3) is 0.400. The van der Waals surface area contributed by atoms with Crippen molar-refractivity contribution in [3.63, 3.8) is 0 Å². The van der Waals surface area contributed by atoms with Crippen LogP contribution in [0.25, 0.3) is 0 Å². The number of aliphatic hydroxyl groups excluding tert-OH is 1. The van der Waals surface area contributed by atoms with Crippen molar-refractivity contribution in [2.75, 3.05) is 6.61 Å². The van der Waals surface area contributed by atoms with E-state index in [0.717, 1.165) is 0 Å². The van der Waals surface area contributed by atoms with Crippen LogP contribution < -0.4 is 0 Å². The third-order valence-corrected chi connectivity index (χ3v) is 0.862. The van der Waals surface area contributed by atoms with Gasteiger partial charge in [-0.25, -0.2) is 4.98 Å². The molecule has 0 aliphatic heterocycles. The molecule has 8 heavy (non-hydrogen) atoms. The molecule has 0 amide bonds. The van der Waals surface area contributed by atoms with E-state index in [1.807, 2.05) is 0 Å². The Labute approximate surface area is 47.6 Å². The van der Waals surface area contributed by atoms with Gasteiger partial charge in [-0.05, 0) is 0 Å². The second-order valence-corrected chi connectivity index (χ2v) is 1.46. The Morgan fingerprint density at radius 1 is 1.75 bits per heavy atom. The van der Waals surface area contributed by atoms with E-state index in [2.05, 4.69) is 11.2 Å². The van der Waals surface area contributed by atoms with Crippen molar-refractivity contribution in [1.82, 2.24) is 9.55 Å². The van der Waals surface area contributed by atoms with Gasteiger partial charge in [0.15, 0.2) is 0 Å². The molecule has 0 atom stereocenters. The van der Waals surface area contributed by atoms with Crippen LogP contribution in [0, 0.1) is 6.20 Å². The van der Waals surface area contributed by atoms with E-state index in [1.165, 1.54) is 0 Å². The Morgan fingerprint density at radius 2 is 2.62 bits per heavy atom. The molecule has 1 N–H and O–H groups in total. The maximum atomic E-state index is 8.38. The minimum Gasteiger partial charge on any atom is -0.395 e. The third kappa shape index (κ3) is 1.07. The zero-order chi connectivity index (χ0) is 5.82. The number of hydrogen-bond donors (Lipinski definition) is 1. The lowest BCUT2D eigenvalue weighted by atomic mass is 10.7. The van der Waals surface area contributed by atoms with Crippen LogP contribution in [-0.4, -0.2) is 21.3 Å². The van der Waals surface area contributed by atoms with Crippen molar-refractivity contribution in [3.05, 3.63) is 18.7 Å². The molecule has 1 radical (unpaired) electrons. The average molecular weight is 111 g/mol. The molecule has 3 heteroatoms. The largest absolute Gasteiger partial charge is 0.395 e. The van der Waals surface area contributed by atoms with Gasteiger partial charge in [-0.2, -0.15) is 0 Å². The Hall–Kier alpha value is -0.830. The first-order chi connectivity index (χ1) is 3.93. The minimum atomic E-state index is 0.157. The topological polar surface area (TPSA) is 38.0 Å². The van der Waals surface area contributed by atoms with Gasteiger partial charge in [-0.1, -0.05) is 0 Å². The number of imidazole rings is 1. The van der Waals surface area contributed by atoms with Crippen LogP contribution in [0.5, 0.6) is 0 Å². The quantitative estimate of drug-likeness (QED) is 0.567. The molecule has 0 fully saturated rings. The van der Waals surface area contributed by atoms with E-state index in [4.69, 9.17) is 5.11 Å². The van der Waals surface area contributed by atoms with Crippen molar-refractivity contribution < 1.29 is 5.11 Å². The summed E-state index contributed by atoms with van der Waals surface area (Å²) in [6.07, 6.45) is 5.93. The summed E-state index contributed by atoms with van der Waals surface area (Å²) in [7, 11) is 0. The molecular formula is C5H7N2O. The van der Waals surface area contributed by atoms with Crippen LogP contribution >= 0.6 is 0 Å². The highest BCUT2D eigenvalue weighted by atomic mass is 16.3. The monoisotopic (exact) mass is 111 g/mol. The predicted octanol–water partition coefficient (Wildman–Crippen LogP) is -0.324. The number of nitrogens with zero attached hydrogens (tertiary/aromatic N) is 2. The molecule has 0 aromatic carbocycles. The van der Waals surface area contributed by atoms with E-state index in [0.29, 0.717) is 6.54 Å². The summed E-state index contributed by atoms with van der Waals surface area (Å²) in [5.74, 6) is 0. The summed E-state index contributed by atoms with van der Waals surface area (Å²) in [5, 5.41) is 8.38. The second-order valence-electron chi connectivity index (χ2n) is 1.46. The van der Waals surface area contributed by atoms with E-state index >= 15 is 0 Å². The third-order valence-electron chi connectivity index (χ3n) is 0.862. The van der Waals surface area contributed by atoms with Gasteiger partial charge in [-0.3, -0.25) is 0 Å². The van der Waals surface area contributed by atoms with Crippen LogP contribution in [0.2, 0.25) is 0 Å². The van der Waals surface area contributed by atoms with Crippen LogP contribution in [0.3, 0.4) is 0 Å². The summed E-state index contributed by atoms with van der Waals surface area (Å²) in [4.78, 5) is 3.67. The van der Waals surface area contributed by atoms with Gasteiger partial charge in [0.1, 0.15) is 6.20 Å². The van der Waals surface area contributed by atoms with Crippen molar-refractivity contribution in [2.45, 2.75) is 6.54 Å². The van der Waals surface area contributed by atoms with E-state index in [-0.39, 0.29) is 6.61 Å². The number of aromatic nitrogens is 2. The second kappa shape index (κ2) is 2.47. The molecule has 0 spiro atoms. The summed E-state index contributed by atoms with van der Waals surface area (Å²) in [6.45, 7) is 0.765. The fourth-order valence-corrected chi connectivity index (χ4v) is 0.486. The van der Waals surface area contributed by atoms with Gasteiger partial charge in [0, 0.05) is 12.7 Å². The molecule has 0 saturated carbocycles. The number of hydrogen-bond acceptors (Lipinski definition) is 2. The Bertz CT molecular complexity index is 136. The molecule has 1 aromatic rings. The van der Waals surface area contributed by atoms with Crippen molar-refractivity contribution >= 4 is 0 Å². The molecule has 1 rings (SSSR count). The maximum absolute atomic E-state index is 8.38. The first-order valence-corrected chi connectivity index (χ1v) is 2.42. The first-order valence-electron chi connectivity index (χ1n) is 2.42. The number of rotatable bonds is 2. The lowest BCUT2D eigenvalue weighted by Crippen LogP contribution is -1.97. The molecule has 0 saturated heterocycles. The molecule has 0 unspecified atom stereocenters. The molecule has 1 heterocycles.